The predicted molar refractivity (Wildman–Crippen MR) is 61.6 cm³/mol. The molecule has 0 spiro atoms. The molecule has 0 unspecified atom stereocenters. The highest BCUT2D eigenvalue weighted by Gasteiger charge is 2.12. The largest absolute Gasteiger partial charge is 0.477 e. The molecule has 3 N–H and O–H groups in total. The average molecular weight is 251 g/mol. The van der Waals surface area contributed by atoms with Gasteiger partial charge in [0.1, 0.15) is 17.1 Å². The van der Waals surface area contributed by atoms with Gasteiger partial charge in [-0.3, -0.25) is 4.98 Å². The number of anilines is 1. The lowest BCUT2D eigenvalue weighted by molar-refractivity contribution is 0.0697. The third kappa shape index (κ3) is 2.31. The second-order valence-electron chi connectivity index (χ2n) is 3.16. The van der Waals surface area contributed by atoms with Crippen LogP contribution in [0.5, 0.6) is 0 Å². The number of carboxylic acids is 1. The van der Waals surface area contributed by atoms with Crippen molar-refractivity contribution >= 4 is 23.4 Å². The first kappa shape index (κ1) is 11.3. The zero-order chi connectivity index (χ0) is 12.4. The van der Waals surface area contributed by atoms with E-state index in [9.17, 15) is 4.79 Å². The van der Waals surface area contributed by atoms with Crippen LogP contribution in [0.15, 0.2) is 24.5 Å². The molecule has 17 heavy (non-hydrogen) atoms. The molecule has 2 heterocycles. The van der Waals surface area contributed by atoms with Crippen LogP contribution in [-0.2, 0) is 0 Å². The van der Waals surface area contributed by atoms with E-state index in [2.05, 4.69) is 15.0 Å². The second kappa shape index (κ2) is 4.34. The van der Waals surface area contributed by atoms with E-state index in [1.807, 2.05) is 0 Å². The van der Waals surface area contributed by atoms with Crippen LogP contribution in [0.2, 0.25) is 5.02 Å². The van der Waals surface area contributed by atoms with Crippen molar-refractivity contribution in [3.8, 4) is 11.5 Å². The van der Waals surface area contributed by atoms with Gasteiger partial charge in [-0.1, -0.05) is 11.6 Å². The Morgan fingerprint density at radius 2 is 2.06 bits per heavy atom. The van der Waals surface area contributed by atoms with Gasteiger partial charge in [0.2, 0.25) is 0 Å². The normalized spacial score (nSPS) is 10.2. The number of hydrogen-bond donors (Lipinski definition) is 2. The zero-order valence-electron chi connectivity index (χ0n) is 8.46. The van der Waals surface area contributed by atoms with Crippen molar-refractivity contribution in [2.45, 2.75) is 0 Å². The molecule has 0 bridgehead atoms. The number of carbonyl (C=O) groups is 1. The van der Waals surface area contributed by atoms with E-state index in [1.54, 1.807) is 12.1 Å². The molecule has 6 nitrogen and oxygen atoms in total. The number of nitrogen functional groups attached to an aromatic ring is 1. The lowest BCUT2D eigenvalue weighted by Gasteiger charge is -2.02. The molecule has 0 aromatic carbocycles. The van der Waals surface area contributed by atoms with Crippen LogP contribution in [0, 0.1) is 0 Å². The molecule has 2 rings (SSSR count). The second-order valence-corrected chi connectivity index (χ2v) is 3.60. The summed E-state index contributed by atoms with van der Waals surface area (Å²) in [5, 5.41) is 9.26. The van der Waals surface area contributed by atoms with Crippen molar-refractivity contribution in [3.05, 3.63) is 35.1 Å². The van der Waals surface area contributed by atoms with Gasteiger partial charge in [-0.05, 0) is 12.1 Å². The van der Waals surface area contributed by atoms with Crippen molar-refractivity contribution in [2.75, 3.05) is 5.73 Å². The molecule has 0 aliphatic rings. The third-order valence-electron chi connectivity index (χ3n) is 2.01. The molecule has 2 aromatic rings. The highest BCUT2D eigenvalue weighted by atomic mass is 35.5. The summed E-state index contributed by atoms with van der Waals surface area (Å²) in [6.07, 6.45) is 2.60. The zero-order valence-corrected chi connectivity index (χ0v) is 9.22. The van der Waals surface area contributed by atoms with Gasteiger partial charge in [0.25, 0.3) is 0 Å². The fourth-order valence-corrected chi connectivity index (χ4v) is 1.30. The van der Waals surface area contributed by atoms with Gasteiger partial charge in [-0.25, -0.2) is 14.8 Å². The Kier molecular flexibility index (Phi) is 2.88. The lowest BCUT2D eigenvalue weighted by Crippen LogP contribution is -2.07. The number of aromatic nitrogens is 3. The van der Waals surface area contributed by atoms with Crippen LogP contribution in [0.25, 0.3) is 11.5 Å². The van der Waals surface area contributed by atoms with E-state index < -0.39 is 5.97 Å². The Labute approximate surface area is 101 Å². The van der Waals surface area contributed by atoms with Crippen LogP contribution >= 0.6 is 11.6 Å². The Morgan fingerprint density at radius 1 is 1.29 bits per heavy atom. The number of pyridine rings is 1. The van der Waals surface area contributed by atoms with Gasteiger partial charge in [0, 0.05) is 12.4 Å². The minimum absolute atomic E-state index is 0.0979. The van der Waals surface area contributed by atoms with Crippen LogP contribution in [0.3, 0.4) is 0 Å². The van der Waals surface area contributed by atoms with E-state index in [1.165, 1.54) is 6.20 Å². The number of aromatic carboxylic acids is 1. The topological polar surface area (TPSA) is 102 Å². The monoisotopic (exact) mass is 250 g/mol. The summed E-state index contributed by atoms with van der Waals surface area (Å²) in [5.41, 5.74) is 5.84. The standard InChI is InChI=1S/C10H7ClN4O2/c11-5-1-2-7(13-3-5)9-14-4-6(10(16)17)8(12)15-9/h1-4H,(H,16,17)(H2,12,14,15). The number of rotatable bonds is 2. The first-order chi connectivity index (χ1) is 8.08. The maximum atomic E-state index is 10.7. The lowest BCUT2D eigenvalue weighted by atomic mass is 10.3. The first-order valence-corrected chi connectivity index (χ1v) is 4.93. The minimum Gasteiger partial charge on any atom is -0.477 e. The molecule has 0 aliphatic carbocycles. The van der Waals surface area contributed by atoms with E-state index in [0.717, 1.165) is 6.20 Å². The molecule has 0 atom stereocenters. The number of nitrogens with zero attached hydrogens (tertiary/aromatic N) is 3. The number of carboxylic acid groups (broad SMARTS) is 1. The summed E-state index contributed by atoms with van der Waals surface area (Å²) < 4.78 is 0. The molecule has 0 radical (unpaired) electrons. The Morgan fingerprint density at radius 3 is 2.59 bits per heavy atom. The molecular formula is C10H7ClN4O2. The van der Waals surface area contributed by atoms with Gasteiger partial charge in [0.05, 0.1) is 5.02 Å². The van der Waals surface area contributed by atoms with Gasteiger partial charge >= 0.3 is 5.97 Å². The van der Waals surface area contributed by atoms with Crippen LogP contribution < -0.4 is 5.73 Å². The quantitative estimate of drug-likeness (QED) is 0.837. The van der Waals surface area contributed by atoms with Crippen molar-refractivity contribution in [3.63, 3.8) is 0 Å². The van der Waals surface area contributed by atoms with E-state index in [4.69, 9.17) is 22.4 Å². The smallest absolute Gasteiger partial charge is 0.341 e. The van der Waals surface area contributed by atoms with Crippen molar-refractivity contribution in [2.24, 2.45) is 0 Å². The van der Waals surface area contributed by atoms with Crippen LogP contribution in [-0.4, -0.2) is 26.0 Å². The van der Waals surface area contributed by atoms with Crippen molar-refractivity contribution in [1.29, 1.82) is 0 Å². The van der Waals surface area contributed by atoms with E-state index >= 15 is 0 Å². The van der Waals surface area contributed by atoms with Gasteiger partial charge in [-0.2, -0.15) is 0 Å². The summed E-state index contributed by atoms with van der Waals surface area (Å²) >= 11 is 5.69. The third-order valence-corrected chi connectivity index (χ3v) is 2.23. The van der Waals surface area contributed by atoms with Gasteiger partial charge in [0.15, 0.2) is 5.82 Å². The Hall–Kier alpha value is -2.21. The average Bonchev–Trinajstić information content (AvgIpc) is 2.29. The highest BCUT2D eigenvalue weighted by Crippen LogP contribution is 2.17. The Bertz CT molecular complexity index is 571. The maximum Gasteiger partial charge on any atom is 0.341 e. The predicted octanol–water partition coefficient (Wildman–Crippen LogP) is 1.47. The summed E-state index contributed by atoms with van der Waals surface area (Å²) in [4.78, 5) is 22.5. The summed E-state index contributed by atoms with van der Waals surface area (Å²) in [6, 6.07) is 3.26. The molecule has 7 heteroatoms. The van der Waals surface area contributed by atoms with Crippen LogP contribution in [0.1, 0.15) is 10.4 Å². The van der Waals surface area contributed by atoms with Gasteiger partial charge in [-0.15, -0.1) is 0 Å². The summed E-state index contributed by atoms with van der Waals surface area (Å²) in [6.45, 7) is 0. The molecule has 0 amide bonds. The number of hydrogen-bond acceptors (Lipinski definition) is 5. The fourth-order valence-electron chi connectivity index (χ4n) is 1.19. The number of halogens is 1. The summed E-state index contributed by atoms with van der Waals surface area (Å²) in [5.74, 6) is -1.01. The highest BCUT2D eigenvalue weighted by molar-refractivity contribution is 6.30. The molecule has 0 fully saturated rings. The van der Waals surface area contributed by atoms with Crippen LogP contribution in [0.4, 0.5) is 5.82 Å². The molecule has 0 aliphatic heterocycles. The van der Waals surface area contributed by atoms with E-state index in [-0.39, 0.29) is 17.2 Å². The summed E-state index contributed by atoms with van der Waals surface area (Å²) in [7, 11) is 0. The van der Waals surface area contributed by atoms with E-state index in [0.29, 0.717) is 10.7 Å². The SMILES string of the molecule is Nc1nc(-c2ccc(Cl)cn2)ncc1C(=O)O. The van der Waals surface area contributed by atoms with Crippen molar-refractivity contribution < 1.29 is 9.90 Å². The molecule has 2 aromatic heterocycles. The van der Waals surface area contributed by atoms with Crippen molar-refractivity contribution in [1.82, 2.24) is 15.0 Å². The fraction of sp³-hybridized carbons (Fsp3) is 0. The molecule has 0 saturated heterocycles. The molecule has 86 valence electrons. The number of nitrogens with two attached hydrogens (primary N) is 1. The molecular weight excluding hydrogens is 244 g/mol. The van der Waals surface area contributed by atoms with Gasteiger partial charge < -0.3 is 10.8 Å². The Balaban J connectivity index is 2.44. The minimum atomic E-state index is -1.17. The molecule has 0 saturated carbocycles. The first-order valence-electron chi connectivity index (χ1n) is 4.55. The maximum absolute atomic E-state index is 10.7.